The summed E-state index contributed by atoms with van der Waals surface area (Å²) < 4.78 is 0. The van der Waals surface area contributed by atoms with Crippen LogP contribution in [0.5, 0.6) is 0 Å². The van der Waals surface area contributed by atoms with Gasteiger partial charge in [-0.3, -0.25) is 0 Å². The third-order valence-corrected chi connectivity index (χ3v) is 15.9. The SMILES string of the molecule is CN1c2ccccc2Cc2ccc(-c3ccc(/C=C/c4ccc5c(c4)C4(c6ccccc6-c6ccccc64)c4cc(/C=C/c6ccc(-c7ccc8c(c7)N(C)c7ccccc7C8)cc6)ccc4-5)cc3)cc21. The number of hydrogen-bond donors (Lipinski definition) is 0. The van der Waals surface area contributed by atoms with Gasteiger partial charge in [-0.2, -0.15) is 0 Å². The molecule has 0 N–H and O–H groups in total. The molecule has 0 radical (unpaired) electrons. The summed E-state index contributed by atoms with van der Waals surface area (Å²) >= 11 is 0. The zero-order valence-corrected chi connectivity index (χ0v) is 39.9. The van der Waals surface area contributed by atoms with Crippen molar-refractivity contribution in [3.63, 3.8) is 0 Å². The van der Waals surface area contributed by atoms with Gasteiger partial charge in [-0.25, -0.2) is 0 Å². The van der Waals surface area contributed by atoms with E-state index in [-0.39, 0.29) is 0 Å². The number of rotatable bonds is 6. The molecule has 0 saturated carbocycles. The average Bonchev–Trinajstić information content (AvgIpc) is 3.90. The summed E-state index contributed by atoms with van der Waals surface area (Å²) in [6.45, 7) is 0. The van der Waals surface area contributed by atoms with Gasteiger partial charge in [0.25, 0.3) is 0 Å². The quantitative estimate of drug-likeness (QED) is 0.153. The molecule has 10 aromatic rings. The fourth-order valence-electron chi connectivity index (χ4n) is 12.4. The van der Waals surface area contributed by atoms with Gasteiger partial charge >= 0.3 is 0 Å². The summed E-state index contributed by atoms with van der Waals surface area (Å²) in [7, 11) is 4.37. The Bertz CT molecular complexity index is 3600. The van der Waals surface area contributed by atoms with E-state index >= 15 is 0 Å². The molecule has 2 aliphatic heterocycles. The molecular formula is C69H50N2. The van der Waals surface area contributed by atoms with E-state index in [0.717, 1.165) is 12.8 Å². The lowest BCUT2D eigenvalue weighted by molar-refractivity contribution is 0.793. The Morgan fingerprint density at radius 3 is 1.11 bits per heavy atom. The van der Waals surface area contributed by atoms with Crippen LogP contribution in [0.4, 0.5) is 22.7 Å². The minimum atomic E-state index is -0.440. The van der Waals surface area contributed by atoms with Crippen LogP contribution < -0.4 is 9.80 Å². The summed E-state index contributed by atoms with van der Waals surface area (Å²) in [5.74, 6) is 0. The number of nitrogens with zero attached hydrogens (tertiary/aromatic N) is 2. The van der Waals surface area contributed by atoms with Gasteiger partial charge in [0.2, 0.25) is 0 Å². The zero-order valence-electron chi connectivity index (χ0n) is 39.9. The summed E-state index contributed by atoms with van der Waals surface area (Å²) in [5.41, 5.74) is 30.5. The Hall–Kier alpha value is -8.72. The van der Waals surface area contributed by atoms with Crippen molar-refractivity contribution in [2.45, 2.75) is 18.3 Å². The highest BCUT2D eigenvalue weighted by Gasteiger charge is 2.51. The maximum atomic E-state index is 2.46. The van der Waals surface area contributed by atoms with Crippen LogP contribution in [-0.2, 0) is 18.3 Å². The van der Waals surface area contributed by atoms with Crippen LogP contribution in [0.2, 0.25) is 0 Å². The van der Waals surface area contributed by atoms with Crippen LogP contribution in [0.3, 0.4) is 0 Å². The minimum absolute atomic E-state index is 0.440. The zero-order chi connectivity index (χ0) is 47.2. The molecule has 4 aliphatic rings. The molecule has 2 heteroatoms. The molecule has 0 amide bonds. The summed E-state index contributed by atoms with van der Waals surface area (Å²) in [6.07, 6.45) is 11.0. The highest BCUT2D eigenvalue weighted by atomic mass is 15.1. The van der Waals surface area contributed by atoms with Gasteiger partial charge in [0.1, 0.15) is 0 Å². The van der Waals surface area contributed by atoms with E-state index in [2.05, 4.69) is 267 Å². The molecule has 71 heavy (non-hydrogen) atoms. The fourth-order valence-corrected chi connectivity index (χ4v) is 12.4. The number of anilines is 4. The predicted octanol–water partition coefficient (Wildman–Crippen LogP) is 17.0. The largest absolute Gasteiger partial charge is 0.344 e. The second-order valence-electron chi connectivity index (χ2n) is 19.8. The van der Waals surface area contributed by atoms with Crippen LogP contribution in [0, 0.1) is 0 Å². The Kier molecular flexibility index (Phi) is 9.41. The van der Waals surface area contributed by atoms with Gasteiger partial charge in [-0.15, -0.1) is 0 Å². The minimum Gasteiger partial charge on any atom is -0.344 e. The Morgan fingerprint density at radius 2 is 0.648 bits per heavy atom. The first-order valence-corrected chi connectivity index (χ1v) is 24.9. The molecule has 2 heterocycles. The van der Waals surface area contributed by atoms with Crippen molar-refractivity contribution in [1.29, 1.82) is 0 Å². The van der Waals surface area contributed by atoms with E-state index in [4.69, 9.17) is 0 Å². The van der Waals surface area contributed by atoms with Crippen molar-refractivity contribution in [3.8, 4) is 44.5 Å². The first-order chi connectivity index (χ1) is 35.0. The lowest BCUT2D eigenvalue weighted by Gasteiger charge is -2.30. The van der Waals surface area contributed by atoms with Gasteiger partial charge in [-0.1, -0.05) is 206 Å². The van der Waals surface area contributed by atoms with Gasteiger partial charge < -0.3 is 9.80 Å². The van der Waals surface area contributed by atoms with Crippen molar-refractivity contribution in [2.24, 2.45) is 0 Å². The molecule has 0 bridgehead atoms. The van der Waals surface area contributed by atoms with Crippen LogP contribution in [0.1, 0.15) is 66.8 Å². The molecule has 0 saturated heterocycles. The number of benzene rings is 10. The molecule has 1 spiro atoms. The normalized spacial score (nSPS) is 14.2. The van der Waals surface area contributed by atoms with E-state index in [0.29, 0.717) is 0 Å². The van der Waals surface area contributed by atoms with Crippen molar-refractivity contribution in [3.05, 3.63) is 285 Å². The van der Waals surface area contributed by atoms with E-state index in [1.807, 2.05) is 0 Å². The number of para-hydroxylation sites is 2. The smallest absolute Gasteiger partial charge is 0.0725 e. The molecule has 0 aromatic heterocycles. The third-order valence-electron chi connectivity index (χ3n) is 15.9. The molecule has 0 fully saturated rings. The van der Waals surface area contributed by atoms with Gasteiger partial charge in [-0.05, 0) is 148 Å². The molecule has 336 valence electrons. The van der Waals surface area contributed by atoms with E-state index in [9.17, 15) is 0 Å². The number of fused-ring (bicyclic) bond motifs is 14. The molecule has 10 aromatic carbocycles. The van der Waals surface area contributed by atoms with Crippen molar-refractivity contribution >= 4 is 47.1 Å². The molecule has 2 aliphatic carbocycles. The van der Waals surface area contributed by atoms with E-state index in [1.54, 1.807) is 0 Å². The highest BCUT2D eigenvalue weighted by Crippen LogP contribution is 2.63. The van der Waals surface area contributed by atoms with E-state index in [1.165, 1.54) is 134 Å². The first-order valence-electron chi connectivity index (χ1n) is 24.9. The monoisotopic (exact) mass is 906 g/mol. The van der Waals surface area contributed by atoms with Crippen molar-refractivity contribution in [1.82, 2.24) is 0 Å². The van der Waals surface area contributed by atoms with Crippen LogP contribution in [0.15, 0.2) is 218 Å². The Labute approximate surface area is 416 Å². The Morgan fingerprint density at radius 1 is 0.296 bits per heavy atom. The lowest BCUT2D eigenvalue weighted by atomic mass is 9.70. The van der Waals surface area contributed by atoms with Gasteiger partial charge in [0.05, 0.1) is 5.41 Å². The first kappa shape index (κ1) is 41.3. The van der Waals surface area contributed by atoms with Crippen molar-refractivity contribution in [2.75, 3.05) is 23.9 Å². The molecule has 2 nitrogen and oxygen atoms in total. The molecule has 0 unspecified atom stereocenters. The van der Waals surface area contributed by atoms with Crippen LogP contribution >= 0.6 is 0 Å². The van der Waals surface area contributed by atoms with Gasteiger partial charge in [0.15, 0.2) is 0 Å². The van der Waals surface area contributed by atoms with Gasteiger partial charge in [0, 0.05) is 49.7 Å². The summed E-state index contributed by atoms with van der Waals surface area (Å²) in [4.78, 5) is 4.67. The van der Waals surface area contributed by atoms with Crippen LogP contribution in [-0.4, -0.2) is 14.1 Å². The Balaban J connectivity index is 0.767. The molecule has 14 rings (SSSR count). The topological polar surface area (TPSA) is 6.48 Å². The second-order valence-corrected chi connectivity index (χ2v) is 19.8. The third kappa shape index (κ3) is 6.55. The lowest BCUT2D eigenvalue weighted by Crippen LogP contribution is -2.26. The maximum Gasteiger partial charge on any atom is 0.0725 e. The van der Waals surface area contributed by atoms with E-state index < -0.39 is 5.41 Å². The summed E-state index contributed by atoms with van der Waals surface area (Å²) in [6, 6.07) is 81.7. The van der Waals surface area contributed by atoms with Crippen molar-refractivity contribution < 1.29 is 0 Å². The highest BCUT2D eigenvalue weighted by molar-refractivity contribution is 5.96. The molecule has 0 atom stereocenters. The average molecular weight is 907 g/mol. The summed E-state index contributed by atoms with van der Waals surface area (Å²) in [5, 5.41) is 0. The maximum absolute atomic E-state index is 2.46. The molecular weight excluding hydrogens is 857 g/mol. The van der Waals surface area contributed by atoms with Crippen LogP contribution in [0.25, 0.3) is 68.8 Å². The standard InChI is InChI=1S/C69H50N2/c1-70-65-17-9-3-11-53(65)41-55-35-33-51(43-67(55)70)49-29-23-45(24-30-49)19-21-47-27-37-59-60-38-28-48(40-64(60)69(63(59)39-47)61-15-7-5-13-57(61)58-14-6-8-16-62(58)69)22-20-46-25-31-50(32-26-46)52-34-36-56-42-54-12-4-10-18-66(54)71(2)68(56)44-52/h3-40,43-44H,41-42H2,1-2H3/b21-19+,22-20+. The predicted molar refractivity (Wildman–Crippen MR) is 299 cm³/mol. The second kappa shape index (κ2) is 16.2. The number of hydrogen-bond acceptors (Lipinski definition) is 2. The fraction of sp³-hybridized carbons (Fsp3) is 0.0725.